The average molecular weight is 128 g/mol. The van der Waals surface area contributed by atoms with E-state index in [1.165, 1.54) is 0 Å². The minimum atomic E-state index is -0.283. The van der Waals surface area contributed by atoms with E-state index in [2.05, 4.69) is 20.8 Å². The number of hydrogen-bond donors (Lipinski definition) is 1. The first-order valence-corrected chi connectivity index (χ1v) is 3.85. The topological polar surface area (TPSA) is 20.2 Å². The molecule has 0 aromatic carbocycles. The molecule has 1 saturated carbocycles. The van der Waals surface area contributed by atoms with E-state index < -0.39 is 0 Å². The Morgan fingerprint density at radius 3 is 1.89 bits per heavy atom. The van der Waals surface area contributed by atoms with Crippen molar-refractivity contribution in [2.75, 3.05) is 0 Å². The van der Waals surface area contributed by atoms with Gasteiger partial charge in [0.1, 0.15) is 0 Å². The fraction of sp³-hybridized carbons (Fsp3) is 1.00. The SMILES string of the molecule is CCCC1(O)C(C)C1C. The molecule has 2 atom stereocenters. The molecule has 2 unspecified atom stereocenters. The predicted molar refractivity (Wildman–Crippen MR) is 38.2 cm³/mol. The molecule has 0 saturated heterocycles. The van der Waals surface area contributed by atoms with Gasteiger partial charge < -0.3 is 5.11 Å². The highest BCUT2D eigenvalue weighted by molar-refractivity contribution is 5.06. The zero-order valence-electron chi connectivity index (χ0n) is 6.52. The van der Waals surface area contributed by atoms with E-state index in [1.807, 2.05) is 0 Å². The molecule has 0 radical (unpaired) electrons. The average Bonchev–Trinajstić information content (AvgIpc) is 2.22. The molecular formula is C8H16O. The summed E-state index contributed by atoms with van der Waals surface area (Å²) in [5.41, 5.74) is -0.283. The first-order valence-electron chi connectivity index (χ1n) is 3.85. The van der Waals surface area contributed by atoms with Gasteiger partial charge >= 0.3 is 0 Å². The van der Waals surface area contributed by atoms with Crippen molar-refractivity contribution in [1.29, 1.82) is 0 Å². The van der Waals surface area contributed by atoms with E-state index in [4.69, 9.17) is 0 Å². The van der Waals surface area contributed by atoms with Crippen LogP contribution in [0.1, 0.15) is 33.6 Å². The van der Waals surface area contributed by atoms with Gasteiger partial charge in [-0.1, -0.05) is 27.2 Å². The molecule has 1 N–H and O–H groups in total. The Bertz CT molecular complexity index is 101. The lowest BCUT2D eigenvalue weighted by atomic mass is 10.1. The second-order valence-corrected chi connectivity index (χ2v) is 3.32. The minimum absolute atomic E-state index is 0.283. The van der Waals surface area contributed by atoms with Crippen molar-refractivity contribution < 1.29 is 5.11 Å². The number of aliphatic hydroxyl groups is 1. The molecule has 0 amide bonds. The Morgan fingerprint density at radius 2 is 1.78 bits per heavy atom. The molecule has 1 aliphatic rings. The summed E-state index contributed by atoms with van der Waals surface area (Å²) in [5.74, 6) is 1.08. The Kier molecular flexibility index (Phi) is 1.55. The van der Waals surface area contributed by atoms with Gasteiger partial charge in [0, 0.05) is 0 Å². The largest absolute Gasteiger partial charge is 0.389 e. The molecule has 0 bridgehead atoms. The summed E-state index contributed by atoms with van der Waals surface area (Å²) >= 11 is 0. The van der Waals surface area contributed by atoms with E-state index >= 15 is 0 Å². The first-order chi connectivity index (χ1) is 4.13. The van der Waals surface area contributed by atoms with Crippen LogP contribution in [0.4, 0.5) is 0 Å². The maximum absolute atomic E-state index is 9.67. The molecule has 1 rings (SSSR count). The maximum atomic E-state index is 9.67. The fourth-order valence-electron chi connectivity index (χ4n) is 1.70. The summed E-state index contributed by atoms with van der Waals surface area (Å²) in [6.07, 6.45) is 2.08. The molecular weight excluding hydrogens is 112 g/mol. The molecule has 1 nitrogen and oxygen atoms in total. The maximum Gasteiger partial charge on any atom is 0.0705 e. The highest BCUT2D eigenvalue weighted by Crippen LogP contribution is 2.52. The van der Waals surface area contributed by atoms with Gasteiger partial charge in [0.25, 0.3) is 0 Å². The van der Waals surface area contributed by atoms with Crippen molar-refractivity contribution in [3.05, 3.63) is 0 Å². The van der Waals surface area contributed by atoms with Crippen molar-refractivity contribution in [2.24, 2.45) is 11.8 Å². The molecule has 0 aliphatic heterocycles. The van der Waals surface area contributed by atoms with E-state index in [0.29, 0.717) is 11.8 Å². The first kappa shape index (κ1) is 7.07. The van der Waals surface area contributed by atoms with E-state index in [1.54, 1.807) is 0 Å². The summed E-state index contributed by atoms with van der Waals surface area (Å²) in [6.45, 7) is 6.37. The monoisotopic (exact) mass is 128 g/mol. The highest BCUT2D eigenvalue weighted by atomic mass is 16.3. The third-order valence-corrected chi connectivity index (χ3v) is 2.87. The van der Waals surface area contributed by atoms with Gasteiger partial charge in [0.15, 0.2) is 0 Å². The molecule has 1 aliphatic carbocycles. The van der Waals surface area contributed by atoms with Gasteiger partial charge in [-0.3, -0.25) is 0 Å². The predicted octanol–water partition coefficient (Wildman–Crippen LogP) is 1.80. The Morgan fingerprint density at radius 1 is 1.33 bits per heavy atom. The van der Waals surface area contributed by atoms with Crippen LogP contribution in [0, 0.1) is 11.8 Å². The Hall–Kier alpha value is -0.0400. The summed E-state index contributed by atoms with van der Waals surface area (Å²) in [6, 6.07) is 0. The number of hydrogen-bond acceptors (Lipinski definition) is 1. The van der Waals surface area contributed by atoms with Crippen molar-refractivity contribution >= 4 is 0 Å². The summed E-state index contributed by atoms with van der Waals surface area (Å²) in [4.78, 5) is 0. The Balaban J connectivity index is 2.40. The Labute approximate surface area is 57.1 Å². The van der Waals surface area contributed by atoms with Crippen LogP contribution in [0.5, 0.6) is 0 Å². The van der Waals surface area contributed by atoms with Gasteiger partial charge in [0.2, 0.25) is 0 Å². The molecule has 1 fully saturated rings. The van der Waals surface area contributed by atoms with Crippen molar-refractivity contribution in [2.45, 2.75) is 39.2 Å². The third-order valence-electron chi connectivity index (χ3n) is 2.87. The standard InChI is InChI=1S/C8H16O/c1-4-5-8(9)6(2)7(8)3/h6-7,9H,4-5H2,1-3H3. The van der Waals surface area contributed by atoms with Gasteiger partial charge in [-0.15, -0.1) is 0 Å². The third kappa shape index (κ3) is 0.877. The lowest BCUT2D eigenvalue weighted by Crippen LogP contribution is -2.10. The molecule has 0 aromatic rings. The van der Waals surface area contributed by atoms with E-state index in [-0.39, 0.29) is 5.60 Å². The van der Waals surface area contributed by atoms with Gasteiger partial charge in [-0.2, -0.15) is 0 Å². The van der Waals surface area contributed by atoms with Crippen molar-refractivity contribution in [3.63, 3.8) is 0 Å². The van der Waals surface area contributed by atoms with Crippen LogP contribution >= 0.6 is 0 Å². The second-order valence-electron chi connectivity index (χ2n) is 3.32. The highest BCUT2D eigenvalue weighted by Gasteiger charge is 2.56. The summed E-state index contributed by atoms with van der Waals surface area (Å²) in [7, 11) is 0. The fourth-order valence-corrected chi connectivity index (χ4v) is 1.70. The molecule has 0 aromatic heterocycles. The quantitative estimate of drug-likeness (QED) is 0.601. The van der Waals surface area contributed by atoms with Crippen LogP contribution < -0.4 is 0 Å². The smallest absolute Gasteiger partial charge is 0.0705 e. The molecule has 1 heteroatoms. The minimum Gasteiger partial charge on any atom is -0.389 e. The van der Waals surface area contributed by atoms with E-state index in [9.17, 15) is 5.11 Å². The summed E-state index contributed by atoms with van der Waals surface area (Å²) in [5, 5.41) is 9.67. The van der Waals surface area contributed by atoms with Crippen molar-refractivity contribution in [1.82, 2.24) is 0 Å². The van der Waals surface area contributed by atoms with Crippen LogP contribution in [-0.2, 0) is 0 Å². The zero-order chi connectivity index (χ0) is 7.07. The molecule has 0 heterocycles. The normalized spacial score (nSPS) is 49.3. The lowest BCUT2D eigenvalue weighted by molar-refractivity contribution is 0.111. The zero-order valence-corrected chi connectivity index (χ0v) is 6.52. The number of rotatable bonds is 2. The second kappa shape index (κ2) is 1.98. The van der Waals surface area contributed by atoms with Crippen LogP contribution in [0.2, 0.25) is 0 Å². The van der Waals surface area contributed by atoms with Gasteiger partial charge in [-0.25, -0.2) is 0 Å². The van der Waals surface area contributed by atoms with Crippen LogP contribution in [0.3, 0.4) is 0 Å². The lowest BCUT2D eigenvalue weighted by Gasteiger charge is -2.05. The van der Waals surface area contributed by atoms with Gasteiger partial charge in [0.05, 0.1) is 5.60 Å². The van der Waals surface area contributed by atoms with E-state index in [0.717, 1.165) is 12.8 Å². The summed E-state index contributed by atoms with van der Waals surface area (Å²) < 4.78 is 0. The van der Waals surface area contributed by atoms with Crippen LogP contribution in [0.25, 0.3) is 0 Å². The molecule has 0 spiro atoms. The van der Waals surface area contributed by atoms with Crippen LogP contribution in [-0.4, -0.2) is 10.7 Å². The van der Waals surface area contributed by atoms with Crippen molar-refractivity contribution in [3.8, 4) is 0 Å². The molecule has 9 heavy (non-hydrogen) atoms. The molecule has 54 valence electrons. The van der Waals surface area contributed by atoms with Crippen LogP contribution in [0.15, 0.2) is 0 Å². The van der Waals surface area contributed by atoms with Gasteiger partial charge in [-0.05, 0) is 18.3 Å².